The minimum Gasteiger partial charge on any atom is -0.481 e. The van der Waals surface area contributed by atoms with Crippen LogP contribution < -0.4 is 0 Å². The molecule has 20 rings (SSSR count). The van der Waals surface area contributed by atoms with E-state index in [2.05, 4.69) is 180 Å². The van der Waals surface area contributed by atoms with Crippen LogP contribution in [0.25, 0.3) is 137 Å². The second-order valence-corrected chi connectivity index (χ2v) is 36.3. The van der Waals surface area contributed by atoms with Crippen molar-refractivity contribution in [3.63, 3.8) is 0 Å². The molecule has 10 heterocycles. The lowest BCUT2D eigenvalue weighted by Crippen LogP contribution is -2.06. The van der Waals surface area contributed by atoms with Crippen LogP contribution in [-0.2, 0) is 22.4 Å². The number of aliphatic carboxylic acids is 2. The molecule has 27 heteroatoms. The van der Waals surface area contributed by atoms with Crippen LogP contribution in [0.3, 0.4) is 0 Å². The van der Waals surface area contributed by atoms with Gasteiger partial charge in [-0.15, -0.1) is 0 Å². The fourth-order valence-corrected chi connectivity index (χ4v) is 19.1. The molecule has 0 aliphatic heterocycles. The van der Waals surface area contributed by atoms with Gasteiger partial charge >= 0.3 is 11.9 Å². The number of carbonyl (C=O) groups is 2. The summed E-state index contributed by atoms with van der Waals surface area (Å²) in [5, 5.41) is 62.4. The number of halogens is 8. The van der Waals surface area contributed by atoms with E-state index in [0.717, 1.165) is 115 Å². The molecule has 0 spiro atoms. The van der Waals surface area contributed by atoms with Gasteiger partial charge in [-0.3, -0.25) is 35.1 Å². The molecule has 0 atom stereocenters. The third-order valence-corrected chi connectivity index (χ3v) is 25.7. The van der Waals surface area contributed by atoms with Crippen LogP contribution in [0.2, 0.25) is 0 Å². The number of nitrogens with one attached hydrogen (secondary N) is 5. The number of rotatable bonds is 16. The van der Waals surface area contributed by atoms with E-state index in [0.29, 0.717) is 89.9 Å². The van der Waals surface area contributed by atoms with Crippen LogP contribution in [0, 0.1) is 92.8 Å². The molecule has 0 aliphatic carbocycles. The highest BCUT2D eigenvalue weighted by Gasteiger charge is 2.30. The van der Waals surface area contributed by atoms with Crippen molar-refractivity contribution in [1.82, 2.24) is 73.8 Å². The lowest BCUT2D eigenvalue weighted by molar-refractivity contribution is -0.138. The molecule has 666 valence electrons. The summed E-state index contributed by atoms with van der Waals surface area (Å²) < 4.78 is 111. The molecule has 10 aromatic heterocycles. The minimum absolute atomic E-state index is 0.00702. The Morgan fingerprint density at radius 2 is 0.615 bits per heavy atom. The summed E-state index contributed by atoms with van der Waals surface area (Å²) in [7, 11) is 0. The van der Waals surface area contributed by atoms with Crippen molar-refractivity contribution in [3.05, 3.63) is 293 Å². The van der Waals surface area contributed by atoms with Crippen LogP contribution in [0.15, 0.2) is 171 Å². The van der Waals surface area contributed by atoms with Crippen molar-refractivity contribution in [3.8, 4) is 28.4 Å². The van der Waals surface area contributed by atoms with Gasteiger partial charge in [0.05, 0.1) is 75.1 Å². The van der Waals surface area contributed by atoms with E-state index in [-0.39, 0.29) is 77.4 Å². The summed E-state index contributed by atoms with van der Waals surface area (Å²) in [5.41, 5.74) is 25.0. The summed E-state index contributed by atoms with van der Waals surface area (Å²) in [6.45, 7) is 34.0. The Labute approximate surface area is 757 Å². The van der Waals surface area contributed by atoms with E-state index in [9.17, 15) is 46.1 Å². The Bertz CT molecular complexity index is 7240. The molecule has 0 saturated carbocycles. The van der Waals surface area contributed by atoms with E-state index >= 15 is 4.39 Å². The minimum atomic E-state index is -0.943. The zero-order valence-corrected chi connectivity index (χ0v) is 77.2. The van der Waals surface area contributed by atoms with E-state index in [4.69, 9.17) is 0 Å². The van der Waals surface area contributed by atoms with Crippen LogP contribution >= 0.6 is 22.6 Å². The molecule has 0 aliphatic rings. The first-order valence-electron chi connectivity index (χ1n) is 43.3. The number of aromatic amines is 5. The second kappa shape index (κ2) is 35.8. The number of aromatic nitrogens is 15. The van der Waals surface area contributed by atoms with Crippen LogP contribution in [0.5, 0.6) is 0 Å². The highest BCUT2D eigenvalue weighted by atomic mass is 127. The van der Waals surface area contributed by atoms with Crippen molar-refractivity contribution in [2.24, 2.45) is 0 Å². The van der Waals surface area contributed by atoms with Gasteiger partial charge in [-0.1, -0.05) is 69.2 Å². The summed E-state index contributed by atoms with van der Waals surface area (Å²) in [5.74, 6) is -2.60. The van der Waals surface area contributed by atoms with E-state index in [1.165, 1.54) is 45.9 Å². The maximum atomic E-state index is 15.5. The van der Waals surface area contributed by atoms with Crippen molar-refractivity contribution in [2.75, 3.05) is 0 Å². The molecular formula is C103H99F7IN15O4. The number of carboxylic acid groups (broad SMARTS) is 2. The monoisotopic (exact) mass is 1870 g/mol. The third-order valence-electron chi connectivity index (χ3n) is 24.6. The number of aryl methyl sites for hydroxylation is 9. The quantitative estimate of drug-likeness (QED) is 0.0359. The number of nitrogens with zero attached hydrogens (tertiary/aromatic N) is 10. The van der Waals surface area contributed by atoms with Gasteiger partial charge in [-0.05, 0) is 303 Å². The summed E-state index contributed by atoms with van der Waals surface area (Å²) >= 11 is 2.37. The molecule has 0 bridgehead atoms. The molecule has 20 aromatic rings. The molecule has 0 unspecified atom stereocenters. The summed E-state index contributed by atoms with van der Waals surface area (Å²) in [6.07, 6.45) is 9.24. The normalized spacial score (nSPS) is 11.9. The predicted molar refractivity (Wildman–Crippen MR) is 513 cm³/mol. The molecule has 7 N–H and O–H groups in total. The van der Waals surface area contributed by atoms with Crippen LogP contribution in [-0.4, -0.2) is 96.0 Å². The molecule has 0 saturated heterocycles. The van der Waals surface area contributed by atoms with Gasteiger partial charge in [0, 0.05) is 127 Å². The first-order chi connectivity index (χ1) is 62.0. The molecule has 10 aromatic carbocycles. The molecule has 130 heavy (non-hydrogen) atoms. The molecular weight excluding hydrogens is 1770 g/mol. The smallest absolute Gasteiger partial charge is 0.303 e. The van der Waals surface area contributed by atoms with Gasteiger partial charge in [0.25, 0.3) is 0 Å². The van der Waals surface area contributed by atoms with Crippen molar-refractivity contribution >= 4 is 144 Å². The molecule has 0 radical (unpaired) electrons. The lowest BCUT2D eigenvalue weighted by atomic mass is 9.96. The van der Waals surface area contributed by atoms with Gasteiger partial charge in [0.2, 0.25) is 0 Å². The molecule has 0 fully saturated rings. The Balaban J connectivity index is 0.000000119. The number of H-pyrrole nitrogens is 5. The molecule has 19 nitrogen and oxygen atoms in total. The van der Waals surface area contributed by atoms with Crippen molar-refractivity contribution in [2.45, 2.75) is 173 Å². The fraction of sp³-hybridized carbons (Fsp3) is 0.252. The van der Waals surface area contributed by atoms with Gasteiger partial charge < -0.3 is 33.0 Å². The highest BCUT2D eigenvalue weighted by molar-refractivity contribution is 14.1. The average Bonchev–Trinajstić information content (AvgIpc) is 1.57. The second-order valence-electron chi connectivity index (χ2n) is 35.2. The zero-order valence-electron chi connectivity index (χ0n) is 75.1. The van der Waals surface area contributed by atoms with E-state index < -0.39 is 17.8 Å². The molecule has 0 amide bonds. The van der Waals surface area contributed by atoms with Gasteiger partial charge in [0.15, 0.2) is 11.6 Å². The maximum Gasteiger partial charge on any atom is 0.303 e. The van der Waals surface area contributed by atoms with Crippen LogP contribution in [0.4, 0.5) is 30.7 Å². The Morgan fingerprint density at radius 3 is 0.977 bits per heavy atom. The summed E-state index contributed by atoms with van der Waals surface area (Å²) in [6, 6.07) is 42.0. The Morgan fingerprint density at radius 1 is 0.331 bits per heavy atom. The Kier molecular flexibility index (Phi) is 24.7. The van der Waals surface area contributed by atoms with Gasteiger partial charge in [0.1, 0.15) is 40.1 Å². The lowest BCUT2D eigenvalue weighted by Gasteiger charge is -2.16. The zero-order chi connectivity index (χ0) is 92.8. The fourth-order valence-electron chi connectivity index (χ4n) is 18.2. The van der Waals surface area contributed by atoms with Crippen molar-refractivity contribution < 1.29 is 50.5 Å². The highest BCUT2D eigenvalue weighted by Crippen LogP contribution is 2.45. The third kappa shape index (κ3) is 16.4. The SMILES string of the molecule is Cc1cc(-n2c(C(C)C)c(CCC(=O)O)c3c(C)c4[nH]ncc4cc32)ccc1F.Cc1cc(-n2c(C(C)C)c(CCC(=O)O)c3c(F)c4[nH]ncc4cc32)ccc1F.Cc1cc(-n2c(C(C)C)cc3c(C)c4[nH]ncc4cc32)ccc1F.Cc1cc(-n2c(C(C)C)cc3c(F)c4[nH]ncc4cc32)ccc1F.Cc1cc(-n2c(C(C)C)cc3c(I)c4[nH]ncc4cc32)ccc1F. The Hall–Kier alpha value is -13.6. The standard InChI is InChI=1S/C23H24FN3O2.C22H21F2N3O2.C20H20FN3.C19H17F2N3.C19H17FIN3/c1-12(2)23-17(6-8-20(28)29)21-14(4)22-15(11-25-26-22)10-19(21)27(23)16-5-7-18(24)13(3)9-16;1-11(2)22-15(5-7-18(28)29)19-17(9-13-10-25-26-21(13)20(19)24)27(22)14-4-6-16(23)12(3)8-14;1-11(2)18-9-16-13(4)20-14(10-22-23-20)8-19(16)24(18)15-5-6-17(21)12(3)7-15;2*1-10(2)16-8-14-17(7-12-9-22-23-19(12)18(14)21)24(16)13-4-5-15(20)11(3)6-13/h5,7,9-12H,6,8H2,1-4H3,(H,25,26)(H,28,29);4,6,8-11H,5,7H2,1-3H3,(H,25,26)(H,28,29);5-11H,1-4H3,(H,22,23);2*4-10H,1-3H3,(H,22,23). The summed E-state index contributed by atoms with van der Waals surface area (Å²) in [4.78, 5) is 22.6. The number of hydrogen-bond donors (Lipinski definition) is 7. The van der Waals surface area contributed by atoms with Gasteiger partial charge in [-0.25, -0.2) is 30.7 Å². The number of fused-ring (bicyclic) bond motifs is 10. The number of carboxylic acids is 2. The largest absolute Gasteiger partial charge is 0.481 e. The van der Waals surface area contributed by atoms with E-state index in [1.54, 1.807) is 95.7 Å². The maximum absolute atomic E-state index is 15.5. The number of benzene rings is 10. The predicted octanol–water partition coefficient (Wildman–Crippen LogP) is 26.9. The van der Waals surface area contributed by atoms with Crippen molar-refractivity contribution in [1.29, 1.82) is 0 Å². The topological polar surface area (TPSA) is 243 Å². The first-order valence-corrected chi connectivity index (χ1v) is 44.3. The first kappa shape index (κ1) is 89.8. The van der Waals surface area contributed by atoms with E-state index in [1.807, 2.05) is 90.8 Å². The van der Waals surface area contributed by atoms with Crippen LogP contribution in [0.1, 0.15) is 190 Å². The van der Waals surface area contributed by atoms with Gasteiger partial charge in [-0.2, -0.15) is 25.5 Å². The number of hydrogen-bond acceptors (Lipinski definition) is 7. The average molecular weight is 1870 g/mol.